The van der Waals surface area contributed by atoms with E-state index in [9.17, 15) is 21.6 Å². The first-order chi connectivity index (χ1) is 14.5. The summed E-state index contributed by atoms with van der Waals surface area (Å²) >= 11 is 0. The van der Waals surface area contributed by atoms with Crippen molar-refractivity contribution in [2.24, 2.45) is 0 Å². The normalized spacial score (nSPS) is 22.2. The van der Waals surface area contributed by atoms with E-state index in [2.05, 4.69) is 14.9 Å². The van der Waals surface area contributed by atoms with Crippen LogP contribution in [0.4, 0.5) is 18.9 Å². The molecule has 0 aliphatic carbocycles. The number of sulfone groups is 1. The van der Waals surface area contributed by atoms with E-state index < -0.39 is 21.6 Å². The van der Waals surface area contributed by atoms with Crippen molar-refractivity contribution in [2.75, 3.05) is 42.6 Å². The van der Waals surface area contributed by atoms with Gasteiger partial charge in [-0.25, -0.2) is 8.42 Å². The Balaban J connectivity index is 1.42. The Morgan fingerprint density at radius 2 is 1.84 bits per heavy atom. The first-order valence-corrected chi connectivity index (χ1v) is 12.3. The van der Waals surface area contributed by atoms with Crippen molar-refractivity contribution in [3.63, 3.8) is 0 Å². The molecule has 0 radical (unpaired) electrons. The Hall–Kier alpha value is -2.07. The number of aryl methyl sites for hydroxylation is 1. The number of hydrogen-bond acceptors (Lipinski definition) is 5. The van der Waals surface area contributed by atoms with Crippen LogP contribution in [-0.4, -0.2) is 60.8 Å². The molecule has 1 atom stereocenters. The van der Waals surface area contributed by atoms with Crippen LogP contribution in [0.1, 0.15) is 35.0 Å². The van der Waals surface area contributed by atoms with Crippen molar-refractivity contribution in [3.05, 3.63) is 46.8 Å². The average molecular weight is 457 g/mol. The Bertz CT molecular complexity index is 1060. The second-order valence-corrected chi connectivity index (χ2v) is 10.7. The number of halogens is 3. The zero-order chi connectivity index (χ0) is 22.4. The first-order valence-electron chi connectivity index (χ1n) is 10.4. The summed E-state index contributed by atoms with van der Waals surface area (Å²) in [5.41, 5.74) is 2.95. The molecule has 2 fully saturated rings. The first kappa shape index (κ1) is 22.1. The second kappa shape index (κ2) is 8.12. The van der Waals surface area contributed by atoms with Crippen molar-refractivity contribution in [3.8, 4) is 0 Å². The van der Waals surface area contributed by atoms with E-state index in [4.69, 9.17) is 0 Å². The topological polar surface area (TPSA) is 58.4 Å². The Morgan fingerprint density at radius 3 is 2.45 bits per heavy atom. The minimum absolute atomic E-state index is 0.111. The van der Waals surface area contributed by atoms with Gasteiger partial charge in [-0.3, -0.25) is 9.58 Å². The number of hydrogen-bond donors (Lipinski definition) is 0. The summed E-state index contributed by atoms with van der Waals surface area (Å²) in [7, 11) is -2.99. The van der Waals surface area contributed by atoms with E-state index >= 15 is 0 Å². The van der Waals surface area contributed by atoms with Crippen LogP contribution in [0.25, 0.3) is 0 Å². The zero-order valence-corrected chi connectivity index (χ0v) is 18.5. The Labute approximate surface area is 180 Å². The van der Waals surface area contributed by atoms with E-state index in [1.165, 1.54) is 12.1 Å². The van der Waals surface area contributed by atoms with Gasteiger partial charge in [0, 0.05) is 32.7 Å². The quantitative estimate of drug-likeness (QED) is 0.707. The molecule has 170 valence electrons. The highest BCUT2D eigenvalue weighted by molar-refractivity contribution is 7.91. The lowest BCUT2D eigenvalue weighted by Gasteiger charge is -2.36. The highest BCUT2D eigenvalue weighted by Gasteiger charge is 2.33. The van der Waals surface area contributed by atoms with Crippen LogP contribution in [0.15, 0.2) is 24.3 Å². The molecule has 2 aromatic rings. The molecule has 31 heavy (non-hydrogen) atoms. The standard InChI is InChI=1S/C21H27F3N4O2S/c1-15-20(16(2)28(25-15)19-6-11-31(29,30)14-19)27-9-7-26(8-10-27)13-17-4-3-5-18(12-17)21(22,23)24/h3-5,12,19H,6-11,13-14H2,1-2H3. The summed E-state index contributed by atoms with van der Waals surface area (Å²) in [4.78, 5) is 4.41. The van der Waals surface area contributed by atoms with Gasteiger partial charge in [0.2, 0.25) is 0 Å². The molecule has 0 amide bonds. The molecule has 2 aliphatic rings. The van der Waals surface area contributed by atoms with Crippen LogP contribution in [0.2, 0.25) is 0 Å². The van der Waals surface area contributed by atoms with Crippen molar-refractivity contribution in [1.82, 2.24) is 14.7 Å². The zero-order valence-electron chi connectivity index (χ0n) is 17.7. The van der Waals surface area contributed by atoms with Crippen molar-refractivity contribution in [1.29, 1.82) is 0 Å². The third-order valence-electron chi connectivity index (χ3n) is 6.19. The van der Waals surface area contributed by atoms with Gasteiger partial charge in [-0.2, -0.15) is 18.3 Å². The maximum Gasteiger partial charge on any atom is 0.416 e. The molecule has 10 heteroatoms. The molecular formula is C21H27F3N4O2S. The molecule has 2 aliphatic heterocycles. The molecule has 6 nitrogen and oxygen atoms in total. The van der Waals surface area contributed by atoms with Gasteiger partial charge < -0.3 is 4.90 Å². The summed E-state index contributed by atoms with van der Waals surface area (Å²) in [6, 6.07) is 5.40. The fourth-order valence-corrected chi connectivity index (χ4v) is 6.36. The van der Waals surface area contributed by atoms with Gasteiger partial charge >= 0.3 is 6.18 Å². The number of nitrogens with zero attached hydrogens (tertiary/aromatic N) is 4. The second-order valence-electron chi connectivity index (χ2n) is 8.48. The van der Waals surface area contributed by atoms with Crippen molar-refractivity contribution in [2.45, 2.75) is 39.0 Å². The van der Waals surface area contributed by atoms with E-state index in [1.807, 2.05) is 18.5 Å². The van der Waals surface area contributed by atoms with Gasteiger partial charge in [0.05, 0.1) is 40.2 Å². The molecule has 1 aromatic heterocycles. The lowest BCUT2D eigenvalue weighted by atomic mass is 10.1. The Morgan fingerprint density at radius 1 is 1.13 bits per heavy atom. The minimum Gasteiger partial charge on any atom is -0.366 e. The lowest BCUT2D eigenvalue weighted by molar-refractivity contribution is -0.137. The monoisotopic (exact) mass is 456 g/mol. The SMILES string of the molecule is Cc1nn(C2CCS(=O)(=O)C2)c(C)c1N1CCN(Cc2cccc(C(F)(F)F)c2)CC1. The van der Waals surface area contributed by atoms with Gasteiger partial charge in [-0.1, -0.05) is 18.2 Å². The van der Waals surface area contributed by atoms with E-state index in [1.54, 1.807) is 6.07 Å². The van der Waals surface area contributed by atoms with Crippen molar-refractivity contribution >= 4 is 15.5 Å². The summed E-state index contributed by atoms with van der Waals surface area (Å²) in [6.07, 6.45) is -3.74. The average Bonchev–Trinajstić information content (AvgIpc) is 3.20. The van der Waals surface area contributed by atoms with Gasteiger partial charge in [0.15, 0.2) is 9.84 Å². The number of rotatable bonds is 4. The predicted molar refractivity (Wildman–Crippen MR) is 113 cm³/mol. The largest absolute Gasteiger partial charge is 0.416 e. The number of piperazine rings is 1. The molecule has 0 spiro atoms. The molecule has 4 rings (SSSR count). The summed E-state index contributed by atoms with van der Waals surface area (Å²) < 4.78 is 64.5. The third kappa shape index (κ3) is 4.74. The highest BCUT2D eigenvalue weighted by Crippen LogP contribution is 2.32. The molecule has 3 heterocycles. The maximum atomic E-state index is 13.0. The molecule has 1 aromatic carbocycles. The molecule has 0 bridgehead atoms. The minimum atomic E-state index is -4.33. The molecule has 1 unspecified atom stereocenters. The molecule has 2 saturated heterocycles. The fraction of sp³-hybridized carbons (Fsp3) is 0.571. The maximum absolute atomic E-state index is 13.0. The number of alkyl halides is 3. The smallest absolute Gasteiger partial charge is 0.366 e. The van der Waals surface area contributed by atoms with E-state index in [0.717, 1.165) is 49.3 Å². The van der Waals surface area contributed by atoms with Gasteiger partial charge in [-0.15, -0.1) is 0 Å². The van der Waals surface area contributed by atoms with Crippen LogP contribution < -0.4 is 4.90 Å². The summed E-state index contributed by atoms with van der Waals surface area (Å²) in [5, 5.41) is 4.64. The number of benzene rings is 1. The van der Waals surface area contributed by atoms with Gasteiger partial charge in [0.1, 0.15) is 0 Å². The molecule has 0 saturated carbocycles. The molecule has 0 N–H and O–H groups in total. The number of aromatic nitrogens is 2. The van der Waals surface area contributed by atoms with Crippen LogP contribution in [0, 0.1) is 13.8 Å². The van der Waals surface area contributed by atoms with Gasteiger partial charge in [-0.05, 0) is 31.9 Å². The molecular weight excluding hydrogens is 429 g/mol. The predicted octanol–water partition coefficient (Wildman–Crippen LogP) is 3.20. The fourth-order valence-electron chi connectivity index (χ4n) is 4.67. The number of anilines is 1. The lowest BCUT2D eigenvalue weighted by Crippen LogP contribution is -2.46. The van der Waals surface area contributed by atoms with E-state index in [0.29, 0.717) is 18.5 Å². The van der Waals surface area contributed by atoms with Crippen LogP contribution in [-0.2, 0) is 22.6 Å². The Kier molecular flexibility index (Phi) is 5.80. The third-order valence-corrected chi connectivity index (χ3v) is 7.94. The van der Waals surface area contributed by atoms with Gasteiger partial charge in [0.25, 0.3) is 0 Å². The van der Waals surface area contributed by atoms with Crippen LogP contribution in [0.3, 0.4) is 0 Å². The highest BCUT2D eigenvalue weighted by atomic mass is 32.2. The summed E-state index contributed by atoms with van der Waals surface area (Å²) in [5.74, 6) is 0.346. The van der Waals surface area contributed by atoms with Crippen LogP contribution >= 0.6 is 0 Å². The van der Waals surface area contributed by atoms with Crippen molar-refractivity contribution < 1.29 is 21.6 Å². The van der Waals surface area contributed by atoms with E-state index in [-0.39, 0.29) is 17.5 Å². The van der Waals surface area contributed by atoms with Crippen LogP contribution in [0.5, 0.6) is 0 Å². The summed E-state index contributed by atoms with van der Waals surface area (Å²) in [6.45, 7) is 7.36.